The number of hydrogen-bond donors (Lipinski definition) is 0. The Bertz CT molecular complexity index is 470. The second kappa shape index (κ2) is 28.8. The molecular formula is C34H66O2. The van der Waals surface area contributed by atoms with Gasteiger partial charge in [0.05, 0.1) is 6.10 Å². The Morgan fingerprint density at radius 3 is 1.03 bits per heavy atom. The number of carbonyl (C=O) groups excluding carboxylic acids is 1. The van der Waals surface area contributed by atoms with Gasteiger partial charge in [-0.1, -0.05) is 174 Å². The molecule has 0 radical (unpaired) electrons. The molecule has 0 N–H and O–H groups in total. The van der Waals surface area contributed by atoms with Crippen LogP contribution in [-0.4, -0.2) is 12.1 Å². The topological polar surface area (TPSA) is 26.3 Å². The van der Waals surface area contributed by atoms with Gasteiger partial charge in [-0.3, -0.25) is 0 Å². The van der Waals surface area contributed by atoms with Crippen LogP contribution in [0.4, 0.5) is 0 Å². The maximum atomic E-state index is 11.5. The summed E-state index contributed by atoms with van der Waals surface area (Å²) in [6, 6.07) is 0. The third-order valence-electron chi connectivity index (χ3n) is 7.62. The zero-order chi connectivity index (χ0) is 26.5. The van der Waals surface area contributed by atoms with Crippen molar-refractivity contribution in [2.75, 3.05) is 0 Å². The summed E-state index contributed by atoms with van der Waals surface area (Å²) < 4.78 is 5.33. The minimum atomic E-state index is -0.252. The first-order valence-electron chi connectivity index (χ1n) is 16.4. The molecule has 0 spiro atoms. The molecule has 0 aromatic carbocycles. The molecule has 0 fully saturated rings. The Kier molecular flexibility index (Phi) is 28.1. The minimum Gasteiger partial charge on any atom is -0.459 e. The normalized spacial score (nSPS) is 12.1. The molecule has 0 heterocycles. The molecule has 0 rings (SSSR count). The summed E-state index contributed by atoms with van der Waals surface area (Å²) in [5.74, 6) is -0.252. The van der Waals surface area contributed by atoms with Crippen LogP contribution >= 0.6 is 0 Å². The molecule has 0 amide bonds. The average molecular weight is 507 g/mol. The van der Waals surface area contributed by atoms with E-state index in [1.165, 1.54) is 161 Å². The highest BCUT2D eigenvalue weighted by Crippen LogP contribution is 2.16. The molecule has 0 saturated carbocycles. The van der Waals surface area contributed by atoms with Gasteiger partial charge in [0, 0.05) is 5.57 Å². The summed E-state index contributed by atoms with van der Waals surface area (Å²) in [6.07, 6.45) is 38.0. The number of esters is 1. The second-order valence-electron chi connectivity index (χ2n) is 11.6. The van der Waals surface area contributed by atoms with Crippen molar-refractivity contribution >= 4 is 5.97 Å². The van der Waals surface area contributed by atoms with E-state index in [-0.39, 0.29) is 12.1 Å². The first-order valence-corrected chi connectivity index (χ1v) is 16.4. The van der Waals surface area contributed by atoms with Crippen LogP contribution in [0.3, 0.4) is 0 Å². The molecule has 1 unspecified atom stereocenters. The third-order valence-corrected chi connectivity index (χ3v) is 7.62. The van der Waals surface area contributed by atoms with Crippen molar-refractivity contribution in [3.05, 3.63) is 12.2 Å². The van der Waals surface area contributed by atoms with Crippen LogP contribution < -0.4 is 0 Å². The number of unbranched alkanes of at least 4 members (excludes halogenated alkanes) is 25. The molecule has 0 aliphatic rings. The van der Waals surface area contributed by atoms with Crippen molar-refractivity contribution in [3.8, 4) is 0 Å². The van der Waals surface area contributed by atoms with E-state index < -0.39 is 0 Å². The summed E-state index contributed by atoms with van der Waals surface area (Å²) in [7, 11) is 0. The van der Waals surface area contributed by atoms with Gasteiger partial charge < -0.3 is 4.74 Å². The van der Waals surface area contributed by atoms with Crippen LogP contribution in [-0.2, 0) is 9.53 Å². The SMILES string of the molecule is C=C(C)C(=O)OC(C)CCCCCCCCCCCCCCCCCCCCCCCCCCCC. The molecule has 1 atom stereocenters. The Morgan fingerprint density at radius 1 is 0.528 bits per heavy atom. The summed E-state index contributed by atoms with van der Waals surface area (Å²) >= 11 is 0. The fourth-order valence-corrected chi connectivity index (χ4v) is 5.09. The smallest absolute Gasteiger partial charge is 0.333 e. The van der Waals surface area contributed by atoms with Gasteiger partial charge in [-0.2, -0.15) is 0 Å². The molecule has 0 bridgehead atoms. The van der Waals surface area contributed by atoms with Crippen molar-refractivity contribution in [3.63, 3.8) is 0 Å². The predicted octanol–water partition coefficient (Wildman–Crippen LogP) is 12.0. The molecule has 0 aliphatic carbocycles. The lowest BCUT2D eigenvalue weighted by atomic mass is 10.0. The van der Waals surface area contributed by atoms with E-state index in [2.05, 4.69) is 13.5 Å². The summed E-state index contributed by atoms with van der Waals surface area (Å²) in [5, 5.41) is 0. The zero-order valence-corrected chi connectivity index (χ0v) is 25.2. The van der Waals surface area contributed by atoms with Crippen LogP contribution in [0.25, 0.3) is 0 Å². The number of carbonyl (C=O) groups is 1. The largest absolute Gasteiger partial charge is 0.459 e. The second-order valence-corrected chi connectivity index (χ2v) is 11.6. The highest BCUT2D eigenvalue weighted by molar-refractivity contribution is 5.87. The van der Waals surface area contributed by atoms with Crippen LogP contribution in [0, 0.1) is 0 Å². The number of ether oxygens (including phenoxy) is 1. The van der Waals surface area contributed by atoms with Crippen LogP contribution in [0.15, 0.2) is 12.2 Å². The summed E-state index contributed by atoms with van der Waals surface area (Å²) in [5.41, 5.74) is 0.492. The van der Waals surface area contributed by atoms with Crippen molar-refractivity contribution < 1.29 is 9.53 Å². The fourth-order valence-electron chi connectivity index (χ4n) is 5.09. The molecule has 214 valence electrons. The Balaban J connectivity index is 3.12. The van der Waals surface area contributed by atoms with E-state index in [1.54, 1.807) is 6.92 Å². The molecule has 2 nitrogen and oxygen atoms in total. The molecular weight excluding hydrogens is 440 g/mol. The quantitative estimate of drug-likeness (QED) is 0.0572. The molecule has 0 aliphatic heterocycles. The van der Waals surface area contributed by atoms with Gasteiger partial charge in [-0.05, 0) is 26.7 Å². The predicted molar refractivity (Wildman–Crippen MR) is 161 cm³/mol. The van der Waals surface area contributed by atoms with E-state index in [1.807, 2.05) is 6.92 Å². The molecule has 0 aromatic heterocycles. The zero-order valence-electron chi connectivity index (χ0n) is 25.2. The Labute approximate surface area is 227 Å². The number of hydrogen-bond acceptors (Lipinski definition) is 2. The van der Waals surface area contributed by atoms with E-state index in [9.17, 15) is 4.79 Å². The van der Waals surface area contributed by atoms with E-state index in [0.717, 1.165) is 12.8 Å². The monoisotopic (exact) mass is 507 g/mol. The van der Waals surface area contributed by atoms with Crippen molar-refractivity contribution in [2.45, 2.75) is 200 Å². The first-order chi connectivity index (χ1) is 17.6. The molecule has 36 heavy (non-hydrogen) atoms. The van der Waals surface area contributed by atoms with Crippen molar-refractivity contribution in [2.24, 2.45) is 0 Å². The number of rotatable bonds is 29. The lowest BCUT2D eigenvalue weighted by Crippen LogP contribution is -2.15. The molecule has 2 heteroatoms. The van der Waals surface area contributed by atoms with E-state index >= 15 is 0 Å². The van der Waals surface area contributed by atoms with Gasteiger partial charge in [0.25, 0.3) is 0 Å². The molecule has 0 aromatic rings. The first kappa shape index (κ1) is 35.2. The summed E-state index contributed by atoms with van der Waals surface area (Å²) in [4.78, 5) is 11.5. The van der Waals surface area contributed by atoms with Crippen LogP contribution in [0.5, 0.6) is 0 Å². The van der Waals surface area contributed by atoms with Gasteiger partial charge >= 0.3 is 5.97 Å². The van der Waals surface area contributed by atoms with Crippen molar-refractivity contribution in [1.82, 2.24) is 0 Å². The van der Waals surface area contributed by atoms with Crippen LogP contribution in [0.1, 0.15) is 194 Å². The molecule has 0 saturated heterocycles. The maximum Gasteiger partial charge on any atom is 0.333 e. The van der Waals surface area contributed by atoms with Gasteiger partial charge in [-0.15, -0.1) is 0 Å². The lowest BCUT2D eigenvalue weighted by molar-refractivity contribution is -0.143. The highest BCUT2D eigenvalue weighted by atomic mass is 16.5. The highest BCUT2D eigenvalue weighted by Gasteiger charge is 2.09. The van der Waals surface area contributed by atoms with E-state index in [4.69, 9.17) is 4.74 Å². The average Bonchev–Trinajstić information content (AvgIpc) is 2.86. The lowest BCUT2D eigenvalue weighted by Gasteiger charge is -2.12. The van der Waals surface area contributed by atoms with Gasteiger partial charge in [-0.25, -0.2) is 4.79 Å². The van der Waals surface area contributed by atoms with Gasteiger partial charge in [0.1, 0.15) is 0 Å². The van der Waals surface area contributed by atoms with Crippen LogP contribution in [0.2, 0.25) is 0 Å². The maximum absolute atomic E-state index is 11.5. The standard InChI is InChI=1S/C34H66O2/c1-5-6-7-8-9-10-11-12-13-14-15-16-17-18-19-20-21-22-23-24-25-26-27-28-29-30-31-33(4)36-34(35)32(2)3/h33H,2,5-31H2,1,3-4H3. The third kappa shape index (κ3) is 27.8. The Morgan fingerprint density at radius 2 is 0.778 bits per heavy atom. The summed E-state index contributed by atoms with van der Waals surface area (Å²) in [6.45, 7) is 9.62. The minimum absolute atomic E-state index is 0.0172. The van der Waals surface area contributed by atoms with Gasteiger partial charge in [0.2, 0.25) is 0 Å². The fraction of sp³-hybridized carbons (Fsp3) is 0.912. The van der Waals surface area contributed by atoms with Crippen molar-refractivity contribution in [1.29, 1.82) is 0 Å². The van der Waals surface area contributed by atoms with E-state index in [0.29, 0.717) is 5.57 Å². The van der Waals surface area contributed by atoms with Gasteiger partial charge in [0.15, 0.2) is 0 Å². The Hall–Kier alpha value is -0.790.